The van der Waals surface area contributed by atoms with Crippen LogP contribution in [0, 0.1) is 0 Å². The van der Waals surface area contributed by atoms with E-state index in [9.17, 15) is 0 Å². The highest BCUT2D eigenvalue weighted by Crippen LogP contribution is 2.17. The van der Waals surface area contributed by atoms with Crippen molar-refractivity contribution in [3.8, 4) is 0 Å². The first-order valence-corrected chi connectivity index (χ1v) is 7.97. The molecule has 0 aromatic rings. The average Bonchev–Trinajstić information content (AvgIpc) is 2.75. The zero-order valence-corrected chi connectivity index (χ0v) is 13.1. The highest BCUT2D eigenvalue weighted by molar-refractivity contribution is 5.78. The number of hydrogen-bond donors (Lipinski definition) is 1. The van der Waals surface area contributed by atoms with E-state index in [1.54, 1.807) is 0 Å². The van der Waals surface area contributed by atoms with Crippen LogP contribution in [0.2, 0.25) is 0 Å². The van der Waals surface area contributed by atoms with Gasteiger partial charge in [0.2, 0.25) is 0 Å². The minimum absolute atomic E-state index is 0.0558. The second-order valence-corrected chi connectivity index (χ2v) is 6.49. The van der Waals surface area contributed by atoms with Crippen molar-refractivity contribution in [3.63, 3.8) is 0 Å². The van der Waals surface area contributed by atoms with Gasteiger partial charge in [-0.15, -0.1) is 0 Å². The summed E-state index contributed by atoms with van der Waals surface area (Å²) in [6.07, 6.45) is 5.12. The maximum absolute atomic E-state index is 6.19. The highest BCUT2D eigenvalue weighted by Gasteiger charge is 2.28. The SMILES string of the molecule is CC(C)(CN=C(N)N1CCCCCC1)N1CCOCC1. The van der Waals surface area contributed by atoms with E-state index in [2.05, 4.69) is 28.6 Å². The van der Waals surface area contributed by atoms with Crippen LogP contribution in [0.3, 0.4) is 0 Å². The summed E-state index contributed by atoms with van der Waals surface area (Å²) in [5, 5.41) is 0. The first kappa shape index (κ1) is 15.6. The molecule has 0 spiro atoms. The Morgan fingerprint density at radius 3 is 2.25 bits per heavy atom. The van der Waals surface area contributed by atoms with Gasteiger partial charge in [0.1, 0.15) is 0 Å². The van der Waals surface area contributed by atoms with Crippen molar-refractivity contribution in [2.75, 3.05) is 45.9 Å². The molecular weight excluding hydrogens is 252 g/mol. The lowest BCUT2D eigenvalue weighted by Gasteiger charge is -2.40. The van der Waals surface area contributed by atoms with Crippen LogP contribution in [0.25, 0.3) is 0 Å². The fourth-order valence-corrected chi connectivity index (χ4v) is 2.94. The van der Waals surface area contributed by atoms with Crippen molar-refractivity contribution in [1.29, 1.82) is 0 Å². The lowest BCUT2D eigenvalue weighted by Crippen LogP contribution is -2.52. The molecule has 0 atom stereocenters. The van der Waals surface area contributed by atoms with Crippen molar-refractivity contribution >= 4 is 5.96 Å². The molecule has 0 saturated carbocycles. The number of morpholine rings is 1. The Balaban J connectivity index is 1.88. The van der Waals surface area contributed by atoms with Crippen molar-refractivity contribution in [2.45, 2.75) is 45.1 Å². The van der Waals surface area contributed by atoms with Crippen LogP contribution in [0.5, 0.6) is 0 Å². The van der Waals surface area contributed by atoms with Gasteiger partial charge in [0.15, 0.2) is 5.96 Å². The van der Waals surface area contributed by atoms with Gasteiger partial charge in [0.25, 0.3) is 0 Å². The van der Waals surface area contributed by atoms with E-state index < -0.39 is 0 Å². The van der Waals surface area contributed by atoms with Crippen molar-refractivity contribution < 1.29 is 4.74 Å². The minimum atomic E-state index is 0.0558. The summed E-state index contributed by atoms with van der Waals surface area (Å²) in [4.78, 5) is 9.38. The maximum atomic E-state index is 6.19. The molecule has 2 N–H and O–H groups in total. The fourth-order valence-electron chi connectivity index (χ4n) is 2.94. The molecular formula is C15H30N4O. The Bertz CT molecular complexity index is 316. The molecule has 0 bridgehead atoms. The molecule has 0 amide bonds. The van der Waals surface area contributed by atoms with Crippen LogP contribution in [0.4, 0.5) is 0 Å². The molecule has 0 aromatic heterocycles. The van der Waals surface area contributed by atoms with Gasteiger partial charge < -0.3 is 15.4 Å². The summed E-state index contributed by atoms with van der Waals surface area (Å²) in [7, 11) is 0. The molecule has 2 saturated heterocycles. The number of nitrogens with zero attached hydrogens (tertiary/aromatic N) is 3. The van der Waals surface area contributed by atoms with Crippen LogP contribution in [0.1, 0.15) is 39.5 Å². The number of nitrogens with two attached hydrogens (primary N) is 1. The van der Waals surface area contributed by atoms with Gasteiger partial charge in [-0.25, -0.2) is 0 Å². The molecule has 2 rings (SSSR count). The van der Waals surface area contributed by atoms with Crippen molar-refractivity contribution in [2.24, 2.45) is 10.7 Å². The Labute approximate surface area is 123 Å². The number of aliphatic imine (C=N–C) groups is 1. The molecule has 116 valence electrons. The Morgan fingerprint density at radius 1 is 1.05 bits per heavy atom. The molecule has 5 nitrogen and oxygen atoms in total. The van der Waals surface area contributed by atoms with Crippen LogP contribution < -0.4 is 5.73 Å². The Morgan fingerprint density at radius 2 is 1.65 bits per heavy atom. The molecule has 2 aliphatic heterocycles. The minimum Gasteiger partial charge on any atom is -0.379 e. The van der Waals surface area contributed by atoms with E-state index in [0.717, 1.165) is 51.9 Å². The summed E-state index contributed by atoms with van der Waals surface area (Å²) < 4.78 is 5.42. The van der Waals surface area contributed by atoms with Crippen LogP contribution in [0.15, 0.2) is 4.99 Å². The normalized spacial score (nSPS) is 23.7. The molecule has 0 aromatic carbocycles. The lowest BCUT2D eigenvalue weighted by molar-refractivity contribution is -0.00687. The summed E-state index contributed by atoms with van der Waals surface area (Å²) in [6.45, 7) is 11.0. The molecule has 0 aliphatic carbocycles. The average molecular weight is 282 g/mol. The highest BCUT2D eigenvalue weighted by atomic mass is 16.5. The van der Waals surface area contributed by atoms with E-state index >= 15 is 0 Å². The standard InChI is InChI=1S/C15H30N4O/c1-15(2,19-9-11-20-12-10-19)13-17-14(16)18-7-5-3-4-6-8-18/h3-13H2,1-2H3,(H2,16,17). The van der Waals surface area contributed by atoms with Crippen molar-refractivity contribution in [3.05, 3.63) is 0 Å². The van der Waals surface area contributed by atoms with Crippen LogP contribution >= 0.6 is 0 Å². The summed E-state index contributed by atoms with van der Waals surface area (Å²) in [5.41, 5.74) is 6.24. The van der Waals surface area contributed by atoms with Gasteiger partial charge in [0.05, 0.1) is 19.8 Å². The van der Waals surface area contributed by atoms with E-state index in [1.807, 2.05) is 0 Å². The third kappa shape index (κ3) is 4.35. The predicted octanol–water partition coefficient (Wildman–Crippen LogP) is 1.29. The third-order valence-corrected chi connectivity index (χ3v) is 4.43. The second kappa shape index (κ2) is 7.27. The number of likely N-dealkylation sites (tertiary alicyclic amines) is 1. The quantitative estimate of drug-likeness (QED) is 0.626. The number of ether oxygens (including phenoxy) is 1. The molecule has 5 heteroatoms. The molecule has 2 aliphatic rings. The van der Waals surface area contributed by atoms with Gasteiger partial charge in [0, 0.05) is 31.7 Å². The molecule has 0 radical (unpaired) electrons. The largest absolute Gasteiger partial charge is 0.379 e. The summed E-state index contributed by atoms with van der Waals surface area (Å²) in [5.74, 6) is 0.730. The van der Waals surface area contributed by atoms with Gasteiger partial charge in [-0.2, -0.15) is 0 Å². The monoisotopic (exact) mass is 282 g/mol. The smallest absolute Gasteiger partial charge is 0.191 e. The lowest BCUT2D eigenvalue weighted by atomic mass is 10.0. The van der Waals surface area contributed by atoms with E-state index in [0.29, 0.717) is 0 Å². The topological polar surface area (TPSA) is 54.1 Å². The first-order chi connectivity index (χ1) is 9.59. The maximum Gasteiger partial charge on any atom is 0.191 e. The number of hydrogen-bond acceptors (Lipinski definition) is 3. The van der Waals surface area contributed by atoms with Crippen molar-refractivity contribution in [1.82, 2.24) is 9.80 Å². The van der Waals surface area contributed by atoms with E-state index in [4.69, 9.17) is 10.5 Å². The van der Waals surface area contributed by atoms with Gasteiger partial charge in [-0.05, 0) is 26.7 Å². The molecule has 0 unspecified atom stereocenters. The van der Waals surface area contributed by atoms with E-state index in [-0.39, 0.29) is 5.54 Å². The second-order valence-electron chi connectivity index (χ2n) is 6.49. The van der Waals surface area contributed by atoms with Gasteiger partial charge in [-0.3, -0.25) is 9.89 Å². The zero-order chi connectivity index (χ0) is 14.4. The van der Waals surface area contributed by atoms with Gasteiger partial charge in [-0.1, -0.05) is 12.8 Å². The van der Waals surface area contributed by atoms with E-state index in [1.165, 1.54) is 25.7 Å². The summed E-state index contributed by atoms with van der Waals surface area (Å²) >= 11 is 0. The number of guanidine groups is 1. The zero-order valence-electron chi connectivity index (χ0n) is 13.1. The molecule has 2 fully saturated rings. The Kier molecular flexibility index (Phi) is 5.66. The third-order valence-electron chi connectivity index (χ3n) is 4.43. The molecule has 2 heterocycles. The fraction of sp³-hybridized carbons (Fsp3) is 0.933. The van der Waals surface area contributed by atoms with Gasteiger partial charge >= 0.3 is 0 Å². The molecule has 20 heavy (non-hydrogen) atoms. The number of rotatable bonds is 3. The predicted molar refractivity (Wildman–Crippen MR) is 83.0 cm³/mol. The van der Waals surface area contributed by atoms with Crippen LogP contribution in [-0.2, 0) is 4.74 Å². The Hall–Kier alpha value is -0.810. The summed E-state index contributed by atoms with van der Waals surface area (Å²) in [6, 6.07) is 0. The van der Waals surface area contributed by atoms with Crippen LogP contribution in [-0.4, -0.2) is 67.2 Å². The first-order valence-electron chi connectivity index (χ1n) is 7.97.